The fourth-order valence-electron chi connectivity index (χ4n) is 5.84. The number of benzene rings is 3. The van der Waals surface area contributed by atoms with E-state index in [0.29, 0.717) is 34.7 Å². The van der Waals surface area contributed by atoms with Crippen LogP contribution in [0.4, 0.5) is 16.2 Å². The van der Waals surface area contributed by atoms with Crippen LogP contribution < -0.4 is 27.6 Å². The predicted octanol–water partition coefficient (Wildman–Crippen LogP) is 2.45. The maximum absolute atomic E-state index is 13.6. The van der Waals surface area contributed by atoms with Crippen LogP contribution in [0, 0.1) is 5.92 Å². The summed E-state index contributed by atoms with van der Waals surface area (Å²) in [6.45, 7) is 4.82. The van der Waals surface area contributed by atoms with Crippen molar-refractivity contribution in [1.29, 1.82) is 0 Å². The largest absolute Gasteiger partial charge is 1.00 e. The minimum absolute atomic E-state index is 0. The van der Waals surface area contributed by atoms with Crippen molar-refractivity contribution in [2.24, 2.45) is 5.92 Å². The first kappa shape index (κ1) is 30.3. The summed E-state index contributed by atoms with van der Waals surface area (Å²) in [7, 11) is 0. The number of piperidine rings is 3. The van der Waals surface area contributed by atoms with Crippen LogP contribution in [0.2, 0.25) is 0 Å². The summed E-state index contributed by atoms with van der Waals surface area (Å²) in [5, 5.41) is 5.99. The lowest BCUT2D eigenvalue weighted by Crippen LogP contribution is -3.00. The lowest BCUT2D eigenvalue weighted by molar-refractivity contribution is -0.938. The van der Waals surface area contributed by atoms with E-state index in [1.54, 1.807) is 31.2 Å². The van der Waals surface area contributed by atoms with Gasteiger partial charge in [0.05, 0.1) is 19.7 Å². The molecule has 3 heterocycles. The molecule has 3 aliphatic rings. The standard InChI is InChI=1S/C32H35N3O5.BrH/c1-2-39-32(38)34-27-15-13-23(14-16-27)28(36)21-35-19-17-24(18-20-35)29(22-35)40-31(37)30(25-9-5-3-6-10-25)33-26-11-7-4-8-12-26;/h3-16,24,29-30,33H,2,17-22H2,1H3;1H/t24?,29-,30+,35?;/m0./s1. The number of carbonyl (C=O) groups is 3. The van der Waals surface area contributed by atoms with Gasteiger partial charge in [0.1, 0.15) is 13.1 Å². The highest BCUT2D eigenvalue weighted by Crippen LogP contribution is 2.37. The van der Waals surface area contributed by atoms with E-state index >= 15 is 0 Å². The second kappa shape index (κ2) is 13.8. The summed E-state index contributed by atoms with van der Waals surface area (Å²) in [5.41, 5.74) is 2.86. The van der Waals surface area contributed by atoms with Crippen LogP contribution in [-0.4, -0.2) is 61.2 Å². The summed E-state index contributed by atoms with van der Waals surface area (Å²) < 4.78 is 11.7. The normalized spacial score (nSPS) is 21.6. The average Bonchev–Trinajstić information content (AvgIpc) is 2.97. The number of fused-ring (bicyclic) bond motifs is 3. The molecule has 9 heteroatoms. The van der Waals surface area contributed by atoms with Crippen molar-refractivity contribution in [2.75, 3.05) is 43.4 Å². The van der Waals surface area contributed by atoms with Crippen molar-refractivity contribution in [3.63, 3.8) is 0 Å². The number of rotatable bonds is 10. The number of ether oxygens (including phenoxy) is 2. The average molecular weight is 623 g/mol. The molecule has 216 valence electrons. The Balaban J connectivity index is 0.00000387. The molecule has 0 radical (unpaired) electrons. The first-order valence-electron chi connectivity index (χ1n) is 13.9. The molecule has 3 aromatic carbocycles. The molecule has 0 spiro atoms. The van der Waals surface area contributed by atoms with Gasteiger partial charge in [-0.05, 0) is 48.9 Å². The number of Topliss-reactive ketones (excluding diaryl/α,β-unsaturated/α-hetero) is 1. The number of esters is 1. The molecule has 2 bridgehead atoms. The molecule has 0 aromatic heterocycles. The van der Waals surface area contributed by atoms with Crippen molar-refractivity contribution >= 4 is 29.2 Å². The van der Waals surface area contributed by atoms with Gasteiger partial charge in [0.2, 0.25) is 5.78 Å². The Kier molecular flexibility index (Phi) is 10.2. The Morgan fingerprint density at radius 1 is 0.878 bits per heavy atom. The molecule has 0 saturated carbocycles. The van der Waals surface area contributed by atoms with Crippen LogP contribution in [0.1, 0.15) is 41.7 Å². The van der Waals surface area contributed by atoms with E-state index in [9.17, 15) is 14.4 Å². The monoisotopic (exact) mass is 621 g/mol. The van der Waals surface area contributed by atoms with Crippen molar-refractivity contribution in [3.05, 3.63) is 96.1 Å². The molecular formula is C32H36BrN3O5. The smallest absolute Gasteiger partial charge is 0.411 e. The Labute approximate surface area is 251 Å². The highest BCUT2D eigenvalue weighted by Gasteiger charge is 2.49. The Hall–Kier alpha value is -3.69. The highest BCUT2D eigenvalue weighted by atomic mass is 79.9. The lowest BCUT2D eigenvalue weighted by Gasteiger charge is -2.51. The van der Waals surface area contributed by atoms with Gasteiger partial charge < -0.3 is 36.3 Å². The van der Waals surface area contributed by atoms with Crippen molar-refractivity contribution in [2.45, 2.75) is 31.9 Å². The van der Waals surface area contributed by atoms with Crippen LogP contribution in [0.25, 0.3) is 0 Å². The SMILES string of the molecule is CCOC(=O)Nc1ccc(C(=O)C[N+]23CCC(CC2)[C@@H](OC(=O)[C@H](Nc2ccccc2)c2ccccc2)C3)cc1.[Br-]. The summed E-state index contributed by atoms with van der Waals surface area (Å²) in [6, 6.07) is 25.5. The summed E-state index contributed by atoms with van der Waals surface area (Å²) >= 11 is 0. The van der Waals surface area contributed by atoms with Crippen molar-refractivity contribution in [3.8, 4) is 0 Å². The van der Waals surface area contributed by atoms with Crippen LogP contribution in [0.5, 0.6) is 0 Å². The molecule has 0 aliphatic carbocycles. The van der Waals surface area contributed by atoms with Crippen LogP contribution in [-0.2, 0) is 14.3 Å². The third-order valence-electron chi connectivity index (χ3n) is 7.97. The van der Waals surface area contributed by atoms with Gasteiger partial charge in [-0.15, -0.1) is 0 Å². The highest BCUT2D eigenvalue weighted by molar-refractivity contribution is 5.97. The number of ketones is 1. The minimum atomic E-state index is -0.629. The number of anilines is 2. The fourth-order valence-corrected chi connectivity index (χ4v) is 5.84. The molecule has 8 nitrogen and oxygen atoms in total. The van der Waals surface area contributed by atoms with Crippen LogP contribution in [0.3, 0.4) is 0 Å². The zero-order valence-electron chi connectivity index (χ0n) is 23.1. The molecule has 3 saturated heterocycles. The molecule has 2 atom stereocenters. The Morgan fingerprint density at radius 3 is 2.15 bits per heavy atom. The van der Waals surface area contributed by atoms with E-state index in [2.05, 4.69) is 10.6 Å². The second-order valence-corrected chi connectivity index (χ2v) is 10.6. The van der Waals surface area contributed by atoms with Gasteiger partial charge in [0.25, 0.3) is 0 Å². The molecule has 3 aliphatic heterocycles. The van der Waals surface area contributed by atoms with Crippen molar-refractivity contribution < 1.29 is 45.3 Å². The Morgan fingerprint density at radius 2 is 1.51 bits per heavy atom. The molecule has 41 heavy (non-hydrogen) atoms. The second-order valence-electron chi connectivity index (χ2n) is 10.6. The number of amides is 1. The molecule has 2 N–H and O–H groups in total. The van der Waals surface area contributed by atoms with Crippen LogP contribution in [0.15, 0.2) is 84.9 Å². The van der Waals surface area contributed by atoms with Gasteiger partial charge >= 0.3 is 12.1 Å². The third-order valence-corrected chi connectivity index (χ3v) is 7.97. The summed E-state index contributed by atoms with van der Waals surface area (Å²) in [6.07, 6.45) is 1.10. The Bertz CT molecular complexity index is 1310. The number of nitrogens with zero attached hydrogens (tertiary/aromatic N) is 1. The summed E-state index contributed by atoms with van der Waals surface area (Å²) in [5.74, 6) is 0.0458. The zero-order chi connectivity index (χ0) is 28.0. The maximum atomic E-state index is 13.6. The number of quaternary nitrogens is 1. The van der Waals surface area contributed by atoms with E-state index in [0.717, 1.165) is 37.2 Å². The number of nitrogens with one attached hydrogen (secondary N) is 2. The zero-order valence-corrected chi connectivity index (χ0v) is 24.7. The van der Waals surface area contributed by atoms with Gasteiger partial charge in [-0.3, -0.25) is 10.1 Å². The van der Waals surface area contributed by atoms with Crippen LogP contribution >= 0.6 is 0 Å². The molecule has 3 aromatic rings. The maximum Gasteiger partial charge on any atom is 0.411 e. The van der Waals surface area contributed by atoms with E-state index in [1.165, 1.54) is 0 Å². The quantitative estimate of drug-likeness (QED) is 0.205. The molecular weight excluding hydrogens is 586 g/mol. The molecule has 0 unspecified atom stereocenters. The number of halogens is 1. The first-order chi connectivity index (χ1) is 19.4. The lowest BCUT2D eigenvalue weighted by atomic mass is 9.82. The third kappa shape index (κ3) is 7.54. The molecule has 3 fully saturated rings. The number of hydrogen-bond acceptors (Lipinski definition) is 6. The molecule has 1 amide bonds. The minimum Gasteiger partial charge on any atom is -1.00 e. The van der Waals surface area contributed by atoms with Crippen molar-refractivity contribution in [1.82, 2.24) is 0 Å². The topological polar surface area (TPSA) is 93.7 Å². The fraction of sp³-hybridized carbons (Fsp3) is 0.344. The predicted molar refractivity (Wildman–Crippen MR) is 153 cm³/mol. The number of para-hydroxylation sites is 1. The number of hydrogen-bond donors (Lipinski definition) is 2. The van der Waals surface area contributed by atoms with E-state index < -0.39 is 12.1 Å². The van der Waals surface area contributed by atoms with E-state index in [4.69, 9.17) is 9.47 Å². The van der Waals surface area contributed by atoms with Gasteiger partial charge in [0, 0.05) is 35.7 Å². The summed E-state index contributed by atoms with van der Waals surface area (Å²) in [4.78, 5) is 38.6. The van der Waals surface area contributed by atoms with Gasteiger partial charge in [-0.2, -0.15) is 0 Å². The van der Waals surface area contributed by atoms with Gasteiger partial charge in [-0.1, -0.05) is 48.5 Å². The van der Waals surface area contributed by atoms with E-state index in [1.807, 2.05) is 60.7 Å². The van der Waals surface area contributed by atoms with Gasteiger partial charge in [0.15, 0.2) is 12.1 Å². The molecule has 6 rings (SSSR count). The van der Waals surface area contributed by atoms with Gasteiger partial charge in [-0.25, -0.2) is 9.59 Å². The number of carbonyl (C=O) groups excluding carboxylic acids is 3. The van der Waals surface area contributed by atoms with E-state index in [-0.39, 0.29) is 41.4 Å². The first-order valence-corrected chi connectivity index (χ1v) is 13.9.